The minimum Gasteiger partial charge on any atom is -0.497 e. The number of hydrogen-bond donors (Lipinski definition) is 1. The molecule has 1 atom stereocenters. The number of amides is 1. The molecule has 1 N–H and O–H groups in total. The van der Waals surface area contributed by atoms with Gasteiger partial charge < -0.3 is 15.0 Å². The number of rotatable bonds is 6. The first-order chi connectivity index (χ1) is 12.6. The molecule has 0 spiro atoms. The van der Waals surface area contributed by atoms with Crippen LogP contribution in [-0.2, 0) is 0 Å². The Hall–Kier alpha value is -2.85. The van der Waals surface area contributed by atoms with Gasteiger partial charge in [0.2, 0.25) is 0 Å². The largest absolute Gasteiger partial charge is 0.497 e. The summed E-state index contributed by atoms with van der Waals surface area (Å²) in [5.74, 6) is 0.656. The van der Waals surface area contributed by atoms with Gasteiger partial charge in [-0.05, 0) is 54.7 Å². The first-order valence-electron chi connectivity index (χ1n) is 8.66. The molecule has 4 nitrogen and oxygen atoms in total. The first-order valence-corrected chi connectivity index (χ1v) is 8.66. The summed E-state index contributed by atoms with van der Waals surface area (Å²) < 4.78 is 5.14. The van der Waals surface area contributed by atoms with Crippen molar-refractivity contribution in [3.63, 3.8) is 0 Å². The molecule has 0 saturated heterocycles. The van der Waals surface area contributed by atoms with Crippen molar-refractivity contribution < 1.29 is 9.53 Å². The fourth-order valence-corrected chi connectivity index (χ4v) is 3.15. The molecule has 0 radical (unpaired) electrons. The number of carbonyl (C=O) groups is 1. The van der Waals surface area contributed by atoms with Gasteiger partial charge in [0.05, 0.1) is 13.2 Å². The van der Waals surface area contributed by atoms with E-state index in [0.29, 0.717) is 12.1 Å². The van der Waals surface area contributed by atoms with Gasteiger partial charge in [0.1, 0.15) is 5.75 Å². The smallest absolute Gasteiger partial charge is 0.251 e. The number of fused-ring (bicyclic) bond motifs is 1. The van der Waals surface area contributed by atoms with Crippen LogP contribution in [0.3, 0.4) is 0 Å². The van der Waals surface area contributed by atoms with Gasteiger partial charge in [-0.1, -0.05) is 42.5 Å². The fourth-order valence-electron chi connectivity index (χ4n) is 3.15. The van der Waals surface area contributed by atoms with Crippen molar-refractivity contribution in [1.82, 2.24) is 10.2 Å². The molecule has 0 aromatic heterocycles. The molecule has 134 valence electrons. The van der Waals surface area contributed by atoms with Crippen LogP contribution in [0.15, 0.2) is 66.7 Å². The molecular formula is C22H24N2O2. The van der Waals surface area contributed by atoms with E-state index >= 15 is 0 Å². The van der Waals surface area contributed by atoms with Gasteiger partial charge >= 0.3 is 0 Å². The molecule has 3 aromatic carbocycles. The molecular weight excluding hydrogens is 324 g/mol. The highest BCUT2D eigenvalue weighted by atomic mass is 16.5. The molecule has 0 aliphatic heterocycles. The van der Waals surface area contributed by atoms with Crippen LogP contribution < -0.4 is 10.1 Å². The van der Waals surface area contributed by atoms with Crippen LogP contribution in [0.2, 0.25) is 0 Å². The number of methoxy groups -OCH3 is 1. The molecule has 3 aromatic rings. The second-order valence-corrected chi connectivity index (χ2v) is 6.49. The maximum atomic E-state index is 12.5. The Morgan fingerprint density at radius 1 is 1.00 bits per heavy atom. The molecule has 0 aliphatic carbocycles. The average molecular weight is 348 g/mol. The van der Waals surface area contributed by atoms with E-state index in [2.05, 4.69) is 46.6 Å². The maximum Gasteiger partial charge on any atom is 0.251 e. The van der Waals surface area contributed by atoms with Crippen LogP contribution in [0.1, 0.15) is 22.0 Å². The third kappa shape index (κ3) is 3.86. The van der Waals surface area contributed by atoms with Crippen LogP contribution >= 0.6 is 0 Å². The summed E-state index contributed by atoms with van der Waals surface area (Å²) in [5, 5.41) is 5.48. The molecule has 0 fully saturated rings. The van der Waals surface area contributed by atoms with Crippen molar-refractivity contribution in [2.24, 2.45) is 0 Å². The van der Waals surface area contributed by atoms with E-state index in [0.717, 1.165) is 5.75 Å². The lowest BCUT2D eigenvalue weighted by atomic mass is 9.98. The van der Waals surface area contributed by atoms with Crippen LogP contribution in [0.25, 0.3) is 10.8 Å². The zero-order valence-corrected chi connectivity index (χ0v) is 15.4. The van der Waals surface area contributed by atoms with Crippen LogP contribution in [0.5, 0.6) is 5.75 Å². The van der Waals surface area contributed by atoms with Crippen LogP contribution in [0, 0.1) is 0 Å². The summed E-state index contributed by atoms with van der Waals surface area (Å²) in [6.45, 7) is 0.534. The van der Waals surface area contributed by atoms with Crippen molar-refractivity contribution in [1.29, 1.82) is 0 Å². The highest BCUT2D eigenvalue weighted by Crippen LogP contribution is 2.26. The van der Waals surface area contributed by atoms with Crippen molar-refractivity contribution in [3.05, 3.63) is 77.9 Å². The first kappa shape index (κ1) is 18.0. The number of nitrogens with zero attached hydrogens (tertiary/aromatic N) is 1. The number of benzene rings is 3. The van der Waals surface area contributed by atoms with E-state index in [4.69, 9.17) is 4.74 Å². The Bertz CT molecular complexity index is 883. The minimum absolute atomic E-state index is 0.0836. The Balaban J connectivity index is 1.79. The standard InChI is InChI=1S/C22H24N2O2/c1-24(2)21(20-10-6-8-16-7-4-5-9-19(16)20)15-23-22(25)17-11-13-18(26-3)14-12-17/h4-14,21H,15H2,1-3H3,(H,23,25)/t21-/m1/s1. The lowest BCUT2D eigenvalue weighted by Crippen LogP contribution is -2.34. The molecule has 4 heteroatoms. The second-order valence-electron chi connectivity index (χ2n) is 6.49. The van der Waals surface area contributed by atoms with Crippen molar-refractivity contribution >= 4 is 16.7 Å². The summed E-state index contributed by atoms with van der Waals surface area (Å²) in [6.07, 6.45) is 0. The number of carbonyl (C=O) groups excluding carboxylic acids is 1. The maximum absolute atomic E-state index is 12.5. The molecule has 3 rings (SSSR count). The summed E-state index contributed by atoms with van der Waals surface area (Å²) >= 11 is 0. The van der Waals surface area contributed by atoms with E-state index in [-0.39, 0.29) is 11.9 Å². The monoisotopic (exact) mass is 348 g/mol. The number of ether oxygens (including phenoxy) is 1. The summed E-state index contributed by atoms with van der Waals surface area (Å²) in [5.41, 5.74) is 1.84. The zero-order chi connectivity index (χ0) is 18.5. The molecule has 1 amide bonds. The Morgan fingerprint density at radius 3 is 2.38 bits per heavy atom. The van der Waals surface area contributed by atoms with E-state index in [1.807, 2.05) is 20.2 Å². The van der Waals surface area contributed by atoms with Crippen molar-refractivity contribution in [2.45, 2.75) is 6.04 Å². The van der Waals surface area contributed by atoms with Crippen molar-refractivity contribution in [2.75, 3.05) is 27.7 Å². The predicted molar refractivity (Wildman–Crippen MR) is 106 cm³/mol. The summed E-state index contributed by atoms with van der Waals surface area (Å²) in [6, 6.07) is 21.9. The van der Waals surface area contributed by atoms with Gasteiger partial charge in [0.15, 0.2) is 0 Å². The third-order valence-electron chi connectivity index (χ3n) is 4.61. The average Bonchev–Trinajstić information content (AvgIpc) is 2.68. The van der Waals surface area contributed by atoms with E-state index in [9.17, 15) is 4.79 Å². The molecule has 0 heterocycles. The van der Waals surface area contributed by atoms with Gasteiger partial charge in [-0.15, -0.1) is 0 Å². The zero-order valence-electron chi connectivity index (χ0n) is 15.4. The highest BCUT2D eigenvalue weighted by Gasteiger charge is 2.18. The van der Waals surface area contributed by atoms with Gasteiger partial charge in [-0.3, -0.25) is 4.79 Å². The normalized spacial score (nSPS) is 12.2. The SMILES string of the molecule is COc1ccc(C(=O)NC[C@H](c2cccc3ccccc23)N(C)C)cc1. The van der Waals surface area contributed by atoms with Gasteiger partial charge in [0, 0.05) is 12.1 Å². The molecule has 0 bridgehead atoms. The number of hydrogen-bond acceptors (Lipinski definition) is 3. The second kappa shape index (κ2) is 8.02. The predicted octanol–water partition coefficient (Wildman–Crippen LogP) is 3.88. The molecule has 26 heavy (non-hydrogen) atoms. The Kier molecular flexibility index (Phi) is 5.54. The molecule has 0 aliphatic rings. The number of likely N-dealkylation sites (N-methyl/N-ethyl adjacent to an activating group) is 1. The molecule has 0 saturated carbocycles. The van der Waals surface area contributed by atoms with Gasteiger partial charge in [-0.25, -0.2) is 0 Å². The fraction of sp³-hybridized carbons (Fsp3) is 0.227. The Labute approximate surface area is 154 Å². The van der Waals surface area contributed by atoms with Crippen LogP contribution in [-0.4, -0.2) is 38.6 Å². The quantitative estimate of drug-likeness (QED) is 0.735. The van der Waals surface area contributed by atoms with Crippen molar-refractivity contribution in [3.8, 4) is 5.75 Å². The van der Waals surface area contributed by atoms with Gasteiger partial charge in [0.25, 0.3) is 5.91 Å². The lowest BCUT2D eigenvalue weighted by Gasteiger charge is -2.26. The van der Waals surface area contributed by atoms with Gasteiger partial charge in [-0.2, -0.15) is 0 Å². The minimum atomic E-state index is -0.0836. The Morgan fingerprint density at radius 2 is 1.69 bits per heavy atom. The van der Waals surface area contributed by atoms with Crippen LogP contribution in [0.4, 0.5) is 0 Å². The van der Waals surface area contributed by atoms with E-state index < -0.39 is 0 Å². The van der Waals surface area contributed by atoms with E-state index in [1.165, 1.54) is 16.3 Å². The summed E-state index contributed by atoms with van der Waals surface area (Å²) in [7, 11) is 5.68. The number of nitrogens with one attached hydrogen (secondary N) is 1. The molecule has 0 unspecified atom stereocenters. The summed E-state index contributed by atoms with van der Waals surface area (Å²) in [4.78, 5) is 14.6. The topological polar surface area (TPSA) is 41.6 Å². The lowest BCUT2D eigenvalue weighted by molar-refractivity contribution is 0.0942. The third-order valence-corrected chi connectivity index (χ3v) is 4.61. The van der Waals surface area contributed by atoms with E-state index in [1.54, 1.807) is 31.4 Å². The highest BCUT2D eigenvalue weighted by molar-refractivity contribution is 5.94.